The minimum atomic E-state index is -3.08. The lowest BCUT2D eigenvalue weighted by Gasteiger charge is -2.12. The second-order valence-corrected chi connectivity index (χ2v) is 5.33. The molecule has 27 heavy (non-hydrogen) atoms. The van der Waals surface area contributed by atoms with Gasteiger partial charge in [-0.25, -0.2) is 4.79 Å². The van der Waals surface area contributed by atoms with E-state index in [0.717, 1.165) is 18.2 Å². The molecule has 11 heteroatoms. The Morgan fingerprint density at radius 1 is 1.22 bits per heavy atom. The van der Waals surface area contributed by atoms with E-state index in [4.69, 9.17) is 16.3 Å². The fourth-order valence-corrected chi connectivity index (χ4v) is 2.20. The summed E-state index contributed by atoms with van der Waals surface area (Å²) >= 11 is 5.79. The molecule has 2 aromatic carbocycles. The molecule has 0 aliphatic heterocycles. The number of anilines is 1. The fraction of sp³-hybridized carbons (Fsp3) is 0.125. The molecular formula is C16H11ClF2N2O6. The van der Waals surface area contributed by atoms with Crippen molar-refractivity contribution in [1.29, 1.82) is 0 Å². The zero-order chi connectivity index (χ0) is 20.0. The van der Waals surface area contributed by atoms with Crippen molar-refractivity contribution in [1.82, 2.24) is 0 Å². The van der Waals surface area contributed by atoms with Crippen LogP contribution in [0.2, 0.25) is 5.02 Å². The average Bonchev–Trinajstić information content (AvgIpc) is 2.60. The third kappa shape index (κ3) is 5.61. The molecule has 0 aliphatic carbocycles. The third-order valence-electron chi connectivity index (χ3n) is 3.09. The Balaban J connectivity index is 1.98. The van der Waals surface area contributed by atoms with E-state index in [-0.39, 0.29) is 27.7 Å². The Hall–Kier alpha value is -3.27. The first-order chi connectivity index (χ1) is 12.8. The number of hydrogen-bond donors (Lipinski definition) is 1. The van der Waals surface area contributed by atoms with Crippen molar-refractivity contribution in [3.63, 3.8) is 0 Å². The number of nitro groups is 1. The van der Waals surface area contributed by atoms with Gasteiger partial charge in [0.15, 0.2) is 6.61 Å². The molecule has 0 saturated carbocycles. The van der Waals surface area contributed by atoms with Crippen LogP contribution >= 0.6 is 11.6 Å². The van der Waals surface area contributed by atoms with Gasteiger partial charge >= 0.3 is 12.6 Å². The highest BCUT2D eigenvalue weighted by Gasteiger charge is 2.18. The predicted molar refractivity (Wildman–Crippen MR) is 90.1 cm³/mol. The molecule has 0 bridgehead atoms. The number of esters is 1. The summed E-state index contributed by atoms with van der Waals surface area (Å²) in [5, 5.41) is 12.7. The van der Waals surface area contributed by atoms with Gasteiger partial charge in [0.2, 0.25) is 0 Å². The van der Waals surface area contributed by atoms with Gasteiger partial charge in [-0.1, -0.05) is 23.7 Å². The molecule has 0 unspecified atom stereocenters. The van der Waals surface area contributed by atoms with Crippen LogP contribution in [0.5, 0.6) is 5.75 Å². The summed E-state index contributed by atoms with van der Waals surface area (Å²) in [6, 6.07) is 8.58. The van der Waals surface area contributed by atoms with E-state index in [1.54, 1.807) is 0 Å². The molecule has 0 spiro atoms. The zero-order valence-electron chi connectivity index (χ0n) is 13.4. The largest absolute Gasteiger partial charge is 0.452 e. The number of nitrogens with zero attached hydrogens (tertiary/aromatic N) is 1. The van der Waals surface area contributed by atoms with Crippen molar-refractivity contribution in [3.05, 3.63) is 63.2 Å². The SMILES string of the molecule is O=C(COC(=O)c1ccc([N+](=O)[O-])cc1Cl)Nc1ccccc1OC(F)F. The molecule has 0 aromatic heterocycles. The molecule has 0 saturated heterocycles. The molecule has 0 aliphatic rings. The first-order valence-electron chi connectivity index (χ1n) is 7.22. The highest BCUT2D eigenvalue weighted by molar-refractivity contribution is 6.33. The van der Waals surface area contributed by atoms with E-state index in [0.29, 0.717) is 0 Å². The lowest BCUT2D eigenvalue weighted by atomic mass is 10.2. The summed E-state index contributed by atoms with van der Waals surface area (Å²) in [6.07, 6.45) is 0. The van der Waals surface area contributed by atoms with Crippen molar-refractivity contribution in [2.75, 3.05) is 11.9 Å². The number of carbonyl (C=O) groups is 2. The third-order valence-corrected chi connectivity index (χ3v) is 3.41. The molecule has 142 valence electrons. The number of para-hydroxylation sites is 2. The van der Waals surface area contributed by atoms with E-state index < -0.39 is 30.0 Å². The first kappa shape index (κ1) is 20.0. The number of nitro benzene ring substituents is 1. The smallest absolute Gasteiger partial charge is 0.387 e. The molecule has 2 rings (SSSR count). The predicted octanol–water partition coefficient (Wildman–Crippen LogP) is 3.65. The molecule has 0 heterocycles. The van der Waals surface area contributed by atoms with Gasteiger partial charge in [-0.15, -0.1) is 0 Å². The first-order valence-corrected chi connectivity index (χ1v) is 7.60. The topological polar surface area (TPSA) is 108 Å². The number of non-ortho nitro benzene ring substituents is 1. The second-order valence-electron chi connectivity index (χ2n) is 4.92. The zero-order valence-corrected chi connectivity index (χ0v) is 14.1. The van der Waals surface area contributed by atoms with Gasteiger partial charge in [-0.3, -0.25) is 14.9 Å². The number of ether oxygens (including phenoxy) is 2. The minimum Gasteiger partial charge on any atom is -0.452 e. The van der Waals surface area contributed by atoms with E-state index >= 15 is 0 Å². The number of halogens is 3. The van der Waals surface area contributed by atoms with Crippen LogP contribution in [-0.2, 0) is 9.53 Å². The number of benzene rings is 2. The second kappa shape index (κ2) is 8.90. The van der Waals surface area contributed by atoms with Crippen molar-refractivity contribution >= 4 is 34.9 Å². The maximum absolute atomic E-state index is 12.3. The molecule has 1 N–H and O–H groups in total. The number of nitrogens with one attached hydrogen (secondary N) is 1. The van der Waals surface area contributed by atoms with Gasteiger partial charge in [0.25, 0.3) is 11.6 Å². The van der Waals surface area contributed by atoms with Gasteiger partial charge in [0, 0.05) is 12.1 Å². The molecular weight excluding hydrogens is 390 g/mol. The maximum atomic E-state index is 12.3. The van der Waals surface area contributed by atoms with Crippen molar-refractivity contribution in [2.45, 2.75) is 6.61 Å². The summed E-state index contributed by atoms with van der Waals surface area (Å²) in [4.78, 5) is 33.7. The monoisotopic (exact) mass is 400 g/mol. The number of carbonyl (C=O) groups excluding carboxylic acids is 2. The summed E-state index contributed by atoms with van der Waals surface area (Å²) in [7, 11) is 0. The van der Waals surface area contributed by atoms with Crippen LogP contribution in [0.1, 0.15) is 10.4 Å². The number of alkyl halides is 2. The molecule has 0 fully saturated rings. The van der Waals surface area contributed by atoms with Crippen LogP contribution < -0.4 is 10.1 Å². The van der Waals surface area contributed by atoms with E-state index in [2.05, 4.69) is 10.1 Å². The Bertz CT molecular complexity index is 878. The van der Waals surface area contributed by atoms with Crippen LogP contribution in [0.3, 0.4) is 0 Å². The van der Waals surface area contributed by atoms with Gasteiger partial charge in [0.05, 0.1) is 21.2 Å². The van der Waals surface area contributed by atoms with E-state index in [1.807, 2.05) is 0 Å². The standard InChI is InChI=1S/C16H11ClF2N2O6/c17-11-7-9(21(24)25)5-6-10(11)15(23)26-8-14(22)20-12-3-1-2-4-13(12)27-16(18)19/h1-7,16H,8H2,(H,20,22). The summed E-state index contributed by atoms with van der Waals surface area (Å²) in [5.41, 5.74) is -0.520. The Morgan fingerprint density at radius 3 is 2.56 bits per heavy atom. The molecule has 8 nitrogen and oxygen atoms in total. The highest BCUT2D eigenvalue weighted by atomic mass is 35.5. The minimum absolute atomic E-state index is 0.0350. The van der Waals surface area contributed by atoms with E-state index in [1.165, 1.54) is 24.3 Å². The van der Waals surface area contributed by atoms with Crippen LogP contribution in [0, 0.1) is 10.1 Å². The lowest BCUT2D eigenvalue weighted by molar-refractivity contribution is -0.384. The van der Waals surface area contributed by atoms with Crippen molar-refractivity contribution in [2.24, 2.45) is 0 Å². The molecule has 1 amide bonds. The molecule has 0 atom stereocenters. The van der Waals surface area contributed by atoms with Gasteiger partial charge < -0.3 is 14.8 Å². The van der Waals surface area contributed by atoms with Gasteiger partial charge in [-0.2, -0.15) is 8.78 Å². The average molecular weight is 401 g/mol. The van der Waals surface area contributed by atoms with Gasteiger partial charge in [0.1, 0.15) is 5.75 Å². The number of amides is 1. The molecule has 2 aromatic rings. The maximum Gasteiger partial charge on any atom is 0.387 e. The van der Waals surface area contributed by atoms with Gasteiger partial charge in [-0.05, 0) is 18.2 Å². The summed E-state index contributed by atoms with van der Waals surface area (Å²) in [6.45, 7) is -3.82. The normalized spacial score (nSPS) is 10.4. The van der Waals surface area contributed by atoms with Crippen LogP contribution in [0.15, 0.2) is 42.5 Å². The Kier molecular flexibility index (Phi) is 6.61. The number of rotatable bonds is 7. The summed E-state index contributed by atoms with van der Waals surface area (Å²) < 4.78 is 33.7. The summed E-state index contributed by atoms with van der Waals surface area (Å²) in [5.74, 6) is -2.06. The fourth-order valence-electron chi connectivity index (χ4n) is 1.95. The Morgan fingerprint density at radius 2 is 1.93 bits per heavy atom. The lowest BCUT2D eigenvalue weighted by Crippen LogP contribution is -2.21. The van der Waals surface area contributed by atoms with Crippen molar-refractivity contribution < 1.29 is 32.8 Å². The van der Waals surface area contributed by atoms with Crippen molar-refractivity contribution in [3.8, 4) is 5.75 Å². The highest BCUT2D eigenvalue weighted by Crippen LogP contribution is 2.26. The van der Waals surface area contributed by atoms with Crippen LogP contribution in [0.4, 0.5) is 20.2 Å². The number of hydrogen-bond acceptors (Lipinski definition) is 6. The van der Waals surface area contributed by atoms with Crippen LogP contribution in [0.25, 0.3) is 0 Å². The molecule has 0 radical (unpaired) electrons. The Labute approximate surface area is 155 Å². The van der Waals surface area contributed by atoms with E-state index in [9.17, 15) is 28.5 Å². The quantitative estimate of drug-likeness (QED) is 0.432. The van der Waals surface area contributed by atoms with Crippen LogP contribution in [-0.4, -0.2) is 30.0 Å².